The van der Waals surface area contributed by atoms with Crippen LogP contribution in [0.5, 0.6) is 0 Å². The quantitative estimate of drug-likeness (QED) is 0.331. The number of esters is 1. The lowest BCUT2D eigenvalue weighted by molar-refractivity contribution is -0.137. The van der Waals surface area contributed by atoms with Crippen molar-refractivity contribution in [1.82, 2.24) is 14.9 Å². The topological polar surface area (TPSA) is 72.4 Å². The summed E-state index contributed by atoms with van der Waals surface area (Å²) in [4.78, 5) is 34.1. The second-order valence-electron chi connectivity index (χ2n) is 5.22. The molecule has 2 heterocycles. The maximum Gasteiger partial charge on any atom is 0.333 e. The summed E-state index contributed by atoms with van der Waals surface area (Å²) in [6.45, 7) is 8.52. The van der Waals surface area contributed by atoms with Gasteiger partial charge in [0, 0.05) is 23.7 Å². The third-order valence-electron chi connectivity index (χ3n) is 3.60. The zero-order valence-corrected chi connectivity index (χ0v) is 15.9. The molecule has 2 rings (SSSR count). The van der Waals surface area contributed by atoms with E-state index in [1.54, 1.807) is 11.8 Å². The molecule has 1 aliphatic rings. The van der Waals surface area contributed by atoms with Crippen molar-refractivity contribution in [2.24, 2.45) is 0 Å². The van der Waals surface area contributed by atoms with Crippen LogP contribution in [0.2, 0.25) is 0 Å². The molecule has 24 heavy (non-hydrogen) atoms. The molecule has 8 heteroatoms. The Hall–Kier alpha value is -1.54. The summed E-state index contributed by atoms with van der Waals surface area (Å²) >= 11 is 2.87. The minimum Gasteiger partial charge on any atom is -0.463 e. The van der Waals surface area contributed by atoms with Crippen LogP contribution in [0.1, 0.15) is 23.9 Å². The van der Waals surface area contributed by atoms with E-state index in [1.165, 1.54) is 29.6 Å². The van der Waals surface area contributed by atoms with Gasteiger partial charge in [-0.2, -0.15) is 0 Å². The van der Waals surface area contributed by atoms with E-state index in [2.05, 4.69) is 9.97 Å². The molecule has 0 bridgehead atoms. The van der Waals surface area contributed by atoms with Crippen molar-refractivity contribution in [3.63, 3.8) is 0 Å². The second-order valence-corrected chi connectivity index (χ2v) is 7.28. The van der Waals surface area contributed by atoms with Crippen LogP contribution in [-0.2, 0) is 14.3 Å². The molecule has 0 aromatic carbocycles. The van der Waals surface area contributed by atoms with Gasteiger partial charge < -0.3 is 9.64 Å². The van der Waals surface area contributed by atoms with Gasteiger partial charge in [0.05, 0.1) is 23.5 Å². The van der Waals surface area contributed by atoms with Crippen LogP contribution >= 0.6 is 23.5 Å². The van der Waals surface area contributed by atoms with E-state index in [-0.39, 0.29) is 5.91 Å². The summed E-state index contributed by atoms with van der Waals surface area (Å²) in [5.41, 5.74) is 3.05. The molecule has 0 radical (unpaired) electrons. The lowest BCUT2D eigenvalue weighted by atomic mass is 10.2. The number of thioether (sulfide) groups is 2. The normalized spacial score (nSPS) is 16.1. The van der Waals surface area contributed by atoms with Crippen molar-refractivity contribution < 1.29 is 14.3 Å². The maximum absolute atomic E-state index is 12.0. The molecule has 1 aromatic rings. The van der Waals surface area contributed by atoms with Crippen molar-refractivity contribution in [3.8, 4) is 0 Å². The highest BCUT2D eigenvalue weighted by molar-refractivity contribution is 8.04. The first-order valence-corrected chi connectivity index (χ1v) is 9.65. The number of carbonyl (C=O) groups is 2. The highest BCUT2D eigenvalue weighted by atomic mass is 32.2. The average Bonchev–Trinajstić information content (AvgIpc) is 2.86. The van der Waals surface area contributed by atoms with E-state index in [9.17, 15) is 9.59 Å². The van der Waals surface area contributed by atoms with Crippen LogP contribution in [0, 0.1) is 20.8 Å². The smallest absolute Gasteiger partial charge is 0.333 e. The zero-order chi connectivity index (χ0) is 17.7. The predicted octanol–water partition coefficient (Wildman–Crippen LogP) is 2.47. The van der Waals surface area contributed by atoms with Gasteiger partial charge in [-0.15, -0.1) is 0 Å². The number of amides is 1. The lowest BCUT2D eigenvalue weighted by Gasteiger charge is -2.16. The average molecular weight is 367 g/mol. The molecule has 1 aromatic heterocycles. The van der Waals surface area contributed by atoms with Crippen molar-refractivity contribution in [3.05, 3.63) is 28.1 Å². The molecule has 0 unspecified atom stereocenters. The van der Waals surface area contributed by atoms with Crippen LogP contribution in [0.15, 0.2) is 16.3 Å². The Balaban J connectivity index is 1.97. The number of carbonyl (C=O) groups excluding carboxylic acids is 2. The van der Waals surface area contributed by atoms with Gasteiger partial charge in [-0.05, 0) is 33.3 Å². The lowest BCUT2D eigenvalue weighted by Crippen LogP contribution is -2.27. The summed E-state index contributed by atoms with van der Waals surface area (Å²) in [5, 5.41) is 1.36. The minimum atomic E-state index is -0.416. The summed E-state index contributed by atoms with van der Waals surface area (Å²) in [6, 6.07) is 0. The first kappa shape index (κ1) is 18.8. The fraction of sp³-hybridized carbons (Fsp3) is 0.500. The van der Waals surface area contributed by atoms with Gasteiger partial charge in [-0.3, -0.25) is 4.79 Å². The number of aromatic nitrogens is 2. The van der Waals surface area contributed by atoms with E-state index in [0.29, 0.717) is 34.8 Å². The molecular formula is C16H21N3O3S2. The summed E-state index contributed by atoms with van der Waals surface area (Å²) in [7, 11) is 0. The zero-order valence-electron chi connectivity index (χ0n) is 14.3. The molecule has 0 spiro atoms. The maximum atomic E-state index is 12.0. The van der Waals surface area contributed by atoms with Crippen LogP contribution in [0.3, 0.4) is 0 Å². The van der Waals surface area contributed by atoms with E-state index < -0.39 is 5.97 Å². The third-order valence-corrected chi connectivity index (χ3v) is 5.45. The number of rotatable bonds is 6. The monoisotopic (exact) mass is 367 g/mol. The van der Waals surface area contributed by atoms with Gasteiger partial charge in [0.2, 0.25) is 5.91 Å². The molecule has 6 nitrogen and oxygen atoms in total. The molecule has 0 N–H and O–H groups in total. The van der Waals surface area contributed by atoms with Gasteiger partial charge in [-0.25, -0.2) is 14.8 Å². The molecule has 1 fully saturated rings. The molecular weight excluding hydrogens is 346 g/mol. The van der Waals surface area contributed by atoms with Crippen molar-refractivity contribution >= 4 is 35.4 Å². The molecule has 130 valence electrons. The molecule has 0 saturated carbocycles. The summed E-state index contributed by atoms with van der Waals surface area (Å²) in [5.74, 6) is 0.609. The first-order valence-electron chi connectivity index (χ1n) is 7.68. The standard InChI is InChI=1S/C16H21N3O3S2/c1-5-22-15(21)8-14-19(13(20)9-24-14)6-7-23-16-17-11(3)10(2)12(4)18-16/h8H,5-7,9H2,1-4H3/b14-8-. The van der Waals surface area contributed by atoms with Crippen LogP contribution < -0.4 is 0 Å². The predicted molar refractivity (Wildman–Crippen MR) is 95.9 cm³/mol. The van der Waals surface area contributed by atoms with Gasteiger partial charge in [-0.1, -0.05) is 23.5 Å². The fourth-order valence-corrected chi connectivity index (χ4v) is 3.90. The molecule has 1 amide bonds. The Kier molecular flexibility index (Phi) is 6.68. The van der Waals surface area contributed by atoms with Crippen molar-refractivity contribution in [1.29, 1.82) is 0 Å². The Labute approximate surface area is 150 Å². The molecule has 1 saturated heterocycles. The Morgan fingerprint density at radius 2 is 2.00 bits per heavy atom. The highest BCUT2D eigenvalue weighted by Gasteiger charge is 2.27. The van der Waals surface area contributed by atoms with E-state index in [0.717, 1.165) is 17.0 Å². The van der Waals surface area contributed by atoms with Gasteiger partial charge in [0.25, 0.3) is 0 Å². The fourth-order valence-electron chi connectivity index (χ4n) is 2.09. The Morgan fingerprint density at radius 1 is 1.33 bits per heavy atom. The largest absolute Gasteiger partial charge is 0.463 e. The van der Waals surface area contributed by atoms with Crippen LogP contribution in [-0.4, -0.2) is 51.4 Å². The minimum absolute atomic E-state index is 0.00772. The number of aryl methyl sites for hydroxylation is 2. The van der Waals surface area contributed by atoms with Gasteiger partial charge >= 0.3 is 5.97 Å². The number of hydrogen-bond acceptors (Lipinski definition) is 7. The van der Waals surface area contributed by atoms with Crippen molar-refractivity contribution in [2.75, 3.05) is 24.7 Å². The Morgan fingerprint density at radius 3 is 2.62 bits per heavy atom. The number of ether oxygens (including phenoxy) is 1. The molecule has 1 aliphatic heterocycles. The molecule has 0 atom stereocenters. The number of nitrogens with zero attached hydrogens (tertiary/aromatic N) is 3. The van der Waals surface area contributed by atoms with E-state index in [1.807, 2.05) is 20.8 Å². The van der Waals surface area contributed by atoms with Crippen molar-refractivity contribution in [2.45, 2.75) is 32.9 Å². The first-order chi connectivity index (χ1) is 11.4. The number of hydrogen-bond donors (Lipinski definition) is 0. The SMILES string of the molecule is CCOC(=O)/C=C1\SCC(=O)N1CCSc1nc(C)c(C)c(C)n1. The Bertz CT molecular complexity index is 654. The van der Waals surface area contributed by atoms with Gasteiger partial charge in [0.15, 0.2) is 5.16 Å². The summed E-state index contributed by atoms with van der Waals surface area (Å²) < 4.78 is 4.91. The summed E-state index contributed by atoms with van der Waals surface area (Å²) in [6.07, 6.45) is 1.39. The third kappa shape index (κ3) is 4.73. The highest BCUT2D eigenvalue weighted by Crippen LogP contribution is 2.29. The van der Waals surface area contributed by atoms with E-state index >= 15 is 0 Å². The molecule has 0 aliphatic carbocycles. The van der Waals surface area contributed by atoms with Crippen LogP contribution in [0.4, 0.5) is 0 Å². The van der Waals surface area contributed by atoms with Crippen LogP contribution in [0.25, 0.3) is 0 Å². The van der Waals surface area contributed by atoms with E-state index in [4.69, 9.17) is 4.74 Å². The second kappa shape index (κ2) is 8.53. The van der Waals surface area contributed by atoms with Gasteiger partial charge in [0.1, 0.15) is 0 Å².